The van der Waals surface area contributed by atoms with Crippen LogP contribution in [-0.2, 0) is 14.4 Å². The van der Waals surface area contributed by atoms with Gasteiger partial charge in [-0.15, -0.1) is 0 Å². The lowest BCUT2D eigenvalue weighted by Crippen LogP contribution is -2.59. The number of nitrogens with one attached hydrogen (secondary N) is 2. The monoisotopic (exact) mass is 426 g/mol. The van der Waals surface area contributed by atoms with Gasteiger partial charge in [-0.05, 0) is 18.4 Å². The van der Waals surface area contributed by atoms with Gasteiger partial charge < -0.3 is 26.4 Å². The van der Waals surface area contributed by atoms with Crippen molar-refractivity contribution in [3.05, 3.63) is 35.9 Å². The molecule has 1 saturated carbocycles. The topological polar surface area (TPSA) is 125 Å². The maximum absolute atomic E-state index is 14.2. The summed E-state index contributed by atoms with van der Waals surface area (Å²) in [6.45, 7) is -0.609. The first kappa shape index (κ1) is 23.7. The van der Waals surface area contributed by atoms with Crippen LogP contribution in [0, 0.1) is 5.92 Å². The van der Waals surface area contributed by atoms with Crippen LogP contribution in [0.3, 0.4) is 0 Å². The highest BCUT2D eigenvalue weighted by Crippen LogP contribution is 2.42. The third-order valence-electron chi connectivity index (χ3n) is 5.25. The quantitative estimate of drug-likeness (QED) is 0.448. The minimum Gasteiger partial charge on any atom is -0.381 e. The second-order valence-electron chi connectivity index (χ2n) is 7.63. The van der Waals surface area contributed by atoms with Crippen LogP contribution in [0.15, 0.2) is 30.3 Å². The number of hydrogen-bond donors (Lipinski definition) is 4. The maximum atomic E-state index is 14.2. The number of nitrogens with two attached hydrogens (primary N) is 1. The summed E-state index contributed by atoms with van der Waals surface area (Å²) in [6, 6.07) is 5.44. The standard InChI is InChI=1S/C20H28F2N4O4/c1-26(2)19(30)15(12-7-4-3-5-8-12)25-14(27)11-24-18(29)16(28)17(23)20(21,22)13-9-6-10-13/h3-5,7-8,13,15-17,28H,6,9-11,23H2,1-2H3,(H,24,29)(H,25,27)/t15-,16?,17?/m0/s1. The SMILES string of the molecule is CN(C)C(=O)[C@@H](NC(=O)CNC(=O)C(O)C(N)C(F)(F)C1CCC1)c1ccccc1. The molecule has 0 aromatic heterocycles. The fourth-order valence-electron chi connectivity index (χ4n) is 3.11. The highest BCUT2D eigenvalue weighted by molar-refractivity contribution is 5.91. The first-order valence-corrected chi connectivity index (χ1v) is 9.70. The van der Waals surface area contributed by atoms with Crippen molar-refractivity contribution in [2.75, 3.05) is 20.6 Å². The lowest BCUT2D eigenvalue weighted by atomic mass is 9.77. The number of carbonyl (C=O) groups excluding carboxylic acids is 3. The third kappa shape index (κ3) is 5.51. The molecule has 1 aromatic carbocycles. The van der Waals surface area contributed by atoms with Crippen molar-refractivity contribution in [1.82, 2.24) is 15.5 Å². The van der Waals surface area contributed by atoms with Gasteiger partial charge in [-0.1, -0.05) is 36.8 Å². The van der Waals surface area contributed by atoms with Crippen molar-refractivity contribution in [2.24, 2.45) is 11.7 Å². The number of rotatable bonds is 9. The number of carbonyl (C=O) groups is 3. The first-order valence-electron chi connectivity index (χ1n) is 9.70. The molecule has 30 heavy (non-hydrogen) atoms. The van der Waals surface area contributed by atoms with E-state index in [-0.39, 0.29) is 18.7 Å². The Morgan fingerprint density at radius 1 is 1.23 bits per heavy atom. The molecule has 0 radical (unpaired) electrons. The maximum Gasteiger partial charge on any atom is 0.268 e. The Morgan fingerprint density at radius 2 is 1.83 bits per heavy atom. The average Bonchev–Trinajstić information content (AvgIpc) is 2.67. The smallest absolute Gasteiger partial charge is 0.268 e. The molecule has 8 nitrogen and oxygen atoms in total. The largest absolute Gasteiger partial charge is 0.381 e. The minimum atomic E-state index is -3.38. The van der Waals surface area contributed by atoms with Crippen LogP contribution < -0.4 is 16.4 Å². The van der Waals surface area contributed by atoms with Gasteiger partial charge in [0.15, 0.2) is 6.10 Å². The normalized spacial score (nSPS) is 17.3. The van der Waals surface area contributed by atoms with Crippen LogP contribution in [-0.4, -0.2) is 66.4 Å². The Morgan fingerprint density at radius 3 is 2.33 bits per heavy atom. The number of halogens is 2. The average molecular weight is 426 g/mol. The number of aliphatic hydroxyl groups excluding tert-OH is 1. The van der Waals surface area contributed by atoms with Gasteiger partial charge in [0, 0.05) is 20.0 Å². The summed E-state index contributed by atoms with van der Waals surface area (Å²) in [5.74, 6) is -6.62. The van der Waals surface area contributed by atoms with Gasteiger partial charge in [-0.3, -0.25) is 14.4 Å². The summed E-state index contributed by atoms with van der Waals surface area (Å²) in [5, 5.41) is 14.5. The van der Waals surface area contributed by atoms with Gasteiger partial charge in [-0.25, -0.2) is 8.78 Å². The Kier molecular flexibility index (Phi) is 7.85. The van der Waals surface area contributed by atoms with Crippen molar-refractivity contribution < 1.29 is 28.3 Å². The van der Waals surface area contributed by atoms with Crippen LogP contribution in [0.5, 0.6) is 0 Å². The lowest BCUT2D eigenvalue weighted by Gasteiger charge is -2.38. The van der Waals surface area contributed by atoms with E-state index < -0.39 is 48.4 Å². The molecular formula is C20H28F2N4O4. The second-order valence-corrected chi connectivity index (χ2v) is 7.63. The van der Waals surface area contributed by atoms with Crippen molar-refractivity contribution >= 4 is 17.7 Å². The fourth-order valence-corrected chi connectivity index (χ4v) is 3.11. The van der Waals surface area contributed by atoms with Gasteiger partial charge in [-0.2, -0.15) is 0 Å². The van der Waals surface area contributed by atoms with Crippen LogP contribution in [0.1, 0.15) is 30.9 Å². The van der Waals surface area contributed by atoms with E-state index in [0.29, 0.717) is 12.0 Å². The predicted octanol–water partition coefficient (Wildman–Crippen LogP) is 0.172. The third-order valence-corrected chi connectivity index (χ3v) is 5.25. The number of hydrogen-bond acceptors (Lipinski definition) is 5. The second kappa shape index (κ2) is 9.94. The number of likely N-dealkylation sites (N-methyl/N-ethyl adjacent to an activating group) is 1. The summed E-state index contributed by atoms with van der Waals surface area (Å²) in [7, 11) is 3.07. The van der Waals surface area contributed by atoms with Crippen LogP contribution in [0.4, 0.5) is 8.78 Å². The molecule has 0 heterocycles. The van der Waals surface area contributed by atoms with Crippen molar-refractivity contribution in [3.8, 4) is 0 Å². The lowest BCUT2D eigenvalue weighted by molar-refractivity contribution is -0.151. The predicted molar refractivity (Wildman–Crippen MR) is 105 cm³/mol. The summed E-state index contributed by atoms with van der Waals surface area (Å²) >= 11 is 0. The van der Waals surface area contributed by atoms with Crippen molar-refractivity contribution in [1.29, 1.82) is 0 Å². The summed E-state index contributed by atoms with van der Waals surface area (Å²) in [6.07, 6.45) is -0.929. The van der Waals surface area contributed by atoms with Gasteiger partial charge in [0.1, 0.15) is 12.1 Å². The summed E-state index contributed by atoms with van der Waals surface area (Å²) in [5.41, 5.74) is 5.97. The Hall–Kier alpha value is -2.59. The van der Waals surface area contributed by atoms with E-state index in [9.17, 15) is 28.3 Å². The Labute approximate surface area is 173 Å². The molecule has 1 aromatic rings. The van der Waals surface area contributed by atoms with Crippen LogP contribution in [0.2, 0.25) is 0 Å². The van der Waals surface area contributed by atoms with E-state index in [4.69, 9.17) is 5.73 Å². The molecule has 3 amide bonds. The number of alkyl halides is 2. The van der Waals surface area contributed by atoms with E-state index in [0.717, 1.165) is 0 Å². The number of amides is 3. The molecule has 3 atom stereocenters. The molecule has 1 aliphatic rings. The number of aliphatic hydroxyl groups is 1. The van der Waals surface area contributed by atoms with E-state index in [1.807, 2.05) is 0 Å². The van der Waals surface area contributed by atoms with E-state index in [1.165, 1.54) is 19.0 Å². The molecule has 2 rings (SSSR count). The van der Waals surface area contributed by atoms with Gasteiger partial charge in [0.2, 0.25) is 11.8 Å². The summed E-state index contributed by atoms with van der Waals surface area (Å²) < 4.78 is 28.4. The molecule has 0 bridgehead atoms. The zero-order valence-electron chi connectivity index (χ0n) is 17.0. The Bertz CT molecular complexity index is 756. The van der Waals surface area contributed by atoms with E-state index in [2.05, 4.69) is 10.6 Å². The fraction of sp³-hybridized carbons (Fsp3) is 0.550. The zero-order chi connectivity index (χ0) is 22.5. The van der Waals surface area contributed by atoms with Gasteiger partial charge in [0.05, 0.1) is 6.54 Å². The van der Waals surface area contributed by atoms with Crippen LogP contribution >= 0.6 is 0 Å². The zero-order valence-corrected chi connectivity index (χ0v) is 17.0. The van der Waals surface area contributed by atoms with Crippen LogP contribution in [0.25, 0.3) is 0 Å². The van der Waals surface area contributed by atoms with Crippen molar-refractivity contribution in [2.45, 2.75) is 43.4 Å². The first-order chi connectivity index (χ1) is 14.1. The van der Waals surface area contributed by atoms with Gasteiger partial charge >= 0.3 is 0 Å². The van der Waals surface area contributed by atoms with Gasteiger partial charge in [0.25, 0.3) is 11.8 Å². The Balaban J connectivity index is 1.94. The highest BCUT2D eigenvalue weighted by Gasteiger charge is 2.51. The molecule has 0 aliphatic heterocycles. The molecule has 0 spiro atoms. The summed E-state index contributed by atoms with van der Waals surface area (Å²) in [4.78, 5) is 38.0. The molecule has 2 unspecified atom stereocenters. The number of benzene rings is 1. The van der Waals surface area contributed by atoms with Crippen molar-refractivity contribution in [3.63, 3.8) is 0 Å². The molecule has 166 valence electrons. The molecule has 10 heteroatoms. The highest BCUT2D eigenvalue weighted by atomic mass is 19.3. The molecule has 1 fully saturated rings. The minimum absolute atomic E-state index is 0.290. The molecule has 5 N–H and O–H groups in total. The number of nitrogens with zero attached hydrogens (tertiary/aromatic N) is 1. The van der Waals surface area contributed by atoms with E-state index in [1.54, 1.807) is 30.3 Å². The molecule has 1 aliphatic carbocycles. The molecule has 0 saturated heterocycles. The molecular weight excluding hydrogens is 398 g/mol. The van der Waals surface area contributed by atoms with E-state index >= 15 is 0 Å².